The minimum atomic E-state index is -0.430. The molecule has 2 N–H and O–H groups in total. The average Bonchev–Trinajstić information content (AvgIpc) is 2.42. The maximum absolute atomic E-state index is 13.9. The lowest BCUT2D eigenvalue weighted by atomic mass is 10.1. The Morgan fingerprint density at radius 2 is 1.95 bits per heavy atom. The summed E-state index contributed by atoms with van der Waals surface area (Å²) in [5.41, 5.74) is 7.22. The molecule has 0 aromatic heterocycles. The van der Waals surface area contributed by atoms with E-state index in [-0.39, 0.29) is 17.9 Å². The molecule has 0 fully saturated rings. The molecule has 0 spiro atoms. The topological polar surface area (TPSA) is 47.7 Å². The first-order valence-corrected chi connectivity index (χ1v) is 7.41. The number of hydrogen-bond acceptors (Lipinski definition) is 4. The first-order chi connectivity index (χ1) is 9.90. The van der Waals surface area contributed by atoms with Crippen LogP contribution in [-0.4, -0.2) is 32.4 Å². The van der Waals surface area contributed by atoms with Crippen LogP contribution in [0.15, 0.2) is 12.1 Å². The SMILES string of the molecule is CCC(C)N(CCOC)c1cc(OC(C)C)c(F)cc1N. The fraction of sp³-hybridized carbons (Fsp3) is 0.625. The highest BCUT2D eigenvalue weighted by atomic mass is 19.1. The van der Waals surface area contributed by atoms with Gasteiger partial charge in [0.15, 0.2) is 11.6 Å². The van der Waals surface area contributed by atoms with Gasteiger partial charge in [-0.1, -0.05) is 6.92 Å². The summed E-state index contributed by atoms with van der Waals surface area (Å²) in [5, 5.41) is 0. The van der Waals surface area contributed by atoms with Gasteiger partial charge in [0.25, 0.3) is 0 Å². The lowest BCUT2D eigenvalue weighted by Gasteiger charge is -2.32. The van der Waals surface area contributed by atoms with Gasteiger partial charge in [-0.25, -0.2) is 4.39 Å². The molecule has 0 aliphatic rings. The normalized spacial score (nSPS) is 12.5. The van der Waals surface area contributed by atoms with Gasteiger partial charge in [-0.2, -0.15) is 0 Å². The van der Waals surface area contributed by atoms with Gasteiger partial charge in [-0.05, 0) is 27.2 Å². The second kappa shape index (κ2) is 8.08. The number of nitrogen functional groups attached to an aromatic ring is 1. The van der Waals surface area contributed by atoms with E-state index in [1.54, 1.807) is 13.2 Å². The Hall–Kier alpha value is -1.49. The van der Waals surface area contributed by atoms with Crippen LogP contribution in [0.3, 0.4) is 0 Å². The molecule has 0 aliphatic carbocycles. The van der Waals surface area contributed by atoms with Crippen LogP contribution in [0.5, 0.6) is 5.75 Å². The van der Waals surface area contributed by atoms with Gasteiger partial charge in [0.2, 0.25) is 0 Å². The van der Waals surface area contributed by atoms with Crippen molar-refractivity contribution < 1.29 is 13.9 Å². The van der Waals surface area contributed by atoms with Crippen molar-refractivity contribution in [3.05, 3.63) is 17.9 Å². The lowest BCUT2D eigenvalue weighted by molar-refractivity contribution is 0.203. The second-order valence-electron chi connectivity index (χ2n) is 5.45. The molecule has 1 aromatic rings. The quantitative estimate of drug-likeness (QED) is 0.747. The number of anilines is 2. The maximum atomic E-state index is 13.9. The van der Waals surface area contributed by atoms with Crippen molar-refractivity contribution in [2.75, 3.05) is 30.9 Å². The smallest absolute Gasteiger partial charge is 0.167 e. The van der Waals surface area contributed by atoms with Gasteiger partial charge in [-0.3, -0.25) is 0 Å². The molecule has 0 heterocycles. The fourth-order valence-corrected chi connectivity index (χ4v) is 2.14. The van der Waals surface area contributed by atoms with E-state index in [0.29, 0.717) is 18.8 Å². The Morgan fingerprint density at radius 1 is 1.29 bits per heavy atom. The molecular weight excluding hydrogens is 271 g/mol. The molecule has 0 amide bonds. The molecule has 1 unspecified atom stereocenters. The van der Waals surface area contributed by atoms with Crippen LogP contribution in [0.1, 0.15) is 34.1 Å². The monoisotopic (exact) mass is 298 g/mol. The third-order valence-corrected chi connectivity index (χ3v) is 3.41. The zero-order valence-electron chi connectivity index (χ0n) is 13.6. The zero-order valence-corrected chi connectivity index (χ0v) is 13.6. The Bertz CT molecular complexity index is 452. The number of benzene rings is 1. The predicted molar refractivity (Wildman–Crippen MR) is 85.6 cm³/mol. The van der Waals surface area contributed by atoms with Gasteiger partial charge in [0, 0.05) is 31.8 Å². The summed E-state index contributed by atoms with van der Waals surface area (Å²) in [6.07, 6.45) is 0.868. The van der Waals surface area contributed by atoms with Gasteiger partial charge in [0.05, 0.1) is 24.1 Å². The summed E-state index contributed by atoms with van der Waals surface area (Å²) < 4.78 is 24.6. The summed E-state index contributed by atoms with van der Waals surface area (Å²) in [5.74, 6) is -0.194. The minimum absolute atomic E-state index is 0.0907. The van der Waals surface area contributed by atoms with E-state index in [9.17, 15) is 4.39 Å². The Labute approximate surface area is 127 Å². The number of rotatable bonds is 8. The van der Waals surface area contributed by atoms with E-state index in [1.165, 1.54) is 6.07 Å². The number of nitrogens with zero attached hydrogens (tertiary/aromatic N) is 1. The Balaban J connectivity index is 3.16. The summed E-state index contributed by atoms with van der Waals surface area (Å²) >= 11 is 0. The van der Waals surface area contributed by atoms with Crippen LogP contribution in [0.4, 0.5) is 15.8 Å². The molecule has 1 atom stereocenters. The number of hydrogen-bond donors (Lipinski definition) is 1. The summed E-state index contributed by atoms with van der Waals surface area (Å²) in [4.78, 5) is 2.13. The molecule has 0 aliphatic heterocycles. The number of ether oxygens (including phenoxy) is 2. The molecule has 120 valence electrons. The predicted octanol–water partition coefficient (Wildman–Crippen LogP) is 3.45. The van der Waals surface area contributed by atoms with E-state index in [1.807, 2.05) is 13.8 Å². The Kier molecular flexibility index (Phi) is 6.75. The van der Waals surface area contributed by atoms with Crippen molar-refractivity contribution in [3.63, 3.8) is 0 Å². The van der Waals surface area contributed by atoms with Gasteiger partial charge >= 0.3 is 0 Å². The van der Waals surface area contributed by atoms with Crippen LogP contribution < -0.4 is 15.4 Å². The number of nitrogens with two attached hydrogens (primary N) is 1. The molecule has 21 heavy (non-hydrogen) atoms. The van der Waals surface area contributed by atoms with Crippen molar-refractivity contribution >= 4 is 11.4 Å². The van der Waals surface area contributed by atoms with Crippen LogP contribution in [0.2, 0.25) is 0 Å². The van der Waals surface area contributed by atoms with Crippen molar-refractivity contribution in [3.8, 4) is 5.75 Å². The highest BCUT2D eigenvalue weighted by Crippen LogP contribution is 2.33. The van der Waals surface area contributed by atoms with E-state index in [4.69, 9.17) is 15.2 Å². The van der Waals surface area contributed by atoms with Crippen LogP contribution >= 0.6 is 0 Å². The van der Waals surface area contributed by atoms with Crippen molar-refractivity contribution in [1.82, 2.24) is 0 Å². The number of halogens is 1. The molecule has 0 saturated heterocycles. The molecule has 0 radical (unpaired) electrons. The van der Waals surface area contributed by atoms with Crippen LogP contribution in [0.25, 0.3) is 0 Å². The van der Waals surface area contributed by atoms with E-state index in [2.05, 4.69) is 18.7 Å². The summed E-state index contributed by atoms with van der Waals surface area (Å²) in [7, 11) is 1.66. The fourth-order valence-electron chi connectivity index (χ4n) is 2.14. The summed E-state index contributed by atoms with van der Waals surface area (Å²) in [6, 6.07) is 3.29. The van der Waals surface area contributed by atoms with Gasteiger partial charge in [0.1, 0.15) is 0 Å². The lowest BCUT2D eigenvalue weighted by Crippen LogP contribution is -2.36. The van der Waals surface area contributed by atoms with Crippen LogP contribution in [-0.2, 0) is 4.74 Å². The molecule has 1 rings (SSSR count). The minimum Gasteiger partial charge on any atom is -0.488 e. The largest absolute Gasteiger partial charge is 0.488 e. The highest BCUT2D eigenvalue weighted by Gasteiger charge is 2.19. The standard InChI is InChI=1S/C16H27FN2O2/c1-6-12(4)19(7-8-20-5)15-10-16(21-11(2)3)13(17)9-14(15)18/h9-12H,6-8,18H2,1-5H3. The third-order valence-electron chi connectivity index (χ3n) is 3.41. The molecule has 1 aromatic carbocycles. The van der Waals surface area contributed by atoms with Crippen molar-refractivity contribution in [2.45, 2.75) is 46.3 Å². The average molecular weight is 298 g/mol. The van der Waals surface area contributed by atoms with E-state index < -0.39 is 5.82 Å². The second-order valence-corrected chi connectivity index (χ2v) is 5.45. The van der Waals surface area contributed by atoms with E-state index in [0.717, 1.165) is 12.1 Å². The van der Waals surface area contributed by atoms with Gasteiger partial charge in [-0.15, -0.1) is 0 Å². The van der Waals surface area contributed by atoms with Crippen molar-refractivity contribution in [2.24, 2.45) is 0 Å². The van der Waals surface area contributed by atoms with Crippen LogP contribution in [0, 0.1) is 5.82 Å². The first kappa shape index (κ1) is 17.6. The zero-order chi connectivity index (χ0) is 16.0. The van der Waals surface area contributed by atoms with E-state index >= 15 is 0 Å². The molecule has 4 nitrogen and oxygen atoms in total. The molecule has 0 saturated carbocycles. The molecule has 5 heteroatoms. The number of methoxy groups -OCH3 is 1. The highest BCUT2D eigenvalue weighted by molar-refractivity contribution is 5.70. The third kappa shape index (κ3) is 4.77. The first-order valence-electron chi connectivity index (χ1n) is 7.41. The Morgan fingerprint density at radius 3 is 2.48 bits per heavy atom. The molecule has 0 bridgehead atoms. The van der Waals surface area contributed by atoms with Gasteiger partial charge < -0.3 is 20.1 Å². The summed E-state index contributed by atoms with van der Waals surface area (Å²) in [6.45, 7) is 9.24. The molecular formula is C16H27FN2O2. The maximum Gasteiger partial charge on any atom is 0.167 e. The van der Waals surface area contributed by atoms with Crippen molar-refractivity contribution in [1.29, 1.82) is 0 Å².